The van der Waals surface area contributed by atoms with Gasteiger partial charge in [-0.3, -0.25) is 0 Å². The summed E-state index contributed by atoms with van der Waals surface area (Å²) in [7, 11) is 1.73. The Bertz CT molecular complexity index is 298. The monoisotopic (exact) mass is 250 g/mol. The Labute approximate surface area is 111 Å². The summed E-state index contributed by atoms with van der Waals surface area (Å²) in [5, 5.41) is 6.80. The predicted octanol–water partition coefficient (Wildman–Crippen LogP) is 1.75. The van der Waals surface area contributed by atoms with Gasteiger partial charge in [-0.1, -0.05) is 29.8 Å². The third-order valence-corrected chi connectivity index (χ3v) is 2.90. The highest BCUT2D eigenvalue weighted by Crippen LogP contribution is 2.02. The number of methoxy groups -OCH3 is 1. The molecule has 0 unspecified atom stereocenters. The number of ether oxygens (including phenoxy) is 1. The number of nitrogens with one attached hydrogen (secondary N) is 2. The molecule has 0 fully saturated rings. The minimum atomic E-state index is 0.793. The molecule has 0 aliphatic carbocycles. The average molecular weight is 250 g/mol. The van der Waals surface area contributed by atoms with Crippen LogP contribution in [0.5, 0.6) is 0 Å². The van der Waals surface area contributed by atoms with E-state index in [2.05, 4.69) is 41.8 Å². The summed E-state index contributed by atoms with van der Waals surface area (Å²) in [6.45, 7) is 7.05. The molecule has 0 atom stereocenters. The molecule has 3 heteroatoms. The fraction of sp³-hybridized carbons (Fsp3) is 0.600. The third-order valence-electron chi connectivity index (χ3n) is 2.90. The van der Waals surface area contributed by atoms with E-state index in [0.717, 1.165) is 45.6 Å². The van der Waals surface area contributed by atoms with Gasteiger partial charge < -0.3 is 15.4 Å². The molecule has 0 aliphatic rings. The molecule has 0 radical (unpaired) electrons. The van der Waals surface area contributed by atoms with Gasteiger partial charge in [-0.05, 0) is 45.0 Å². The Balaban J connectivity index is 1.91. The standard InChI is InChI=1S/C15H26N2O/c1-14-4-6-15(7-5-14)8-11-16-9-3-10-17-12-13-18-2/h4-7,16-17H,3,8-13H2,1-2H3. The summed E-state index contributed by atoms with van der Waals surface area (Å²) in [6.07, 6.45) is 2.27. The van der Waals surface area contributed by atoms with Crippen molar-refractivity contribution in [2.24, 2.45) is 0 Å². The lowest BCUT2D eigenvalue weighted by atomic mass is 10.1. The molecule has 0 saturated carbocycles. The lowest BCUT2D eigenvalue weighted by Gasteiger charge is -2.06. The van der Waals surface area contributed by atoms with E-state index in [9.17, 15) is 0 Å². The van der Waals surface area contributed by atoms with Crippen LogP contribution >= 0.6 is 0 Å². The fourth-order valence-electron chi connectivity index (χ4n) is 1.75. The smallest absolute Gasteiger partial charge is 0.0587 e. The second-order valence-corrected chi connectivity index (χ2v) is 4.58. The molecular formula is C15H26N2O. The Morgan fingerprint density at radius 2 is 1.61 bits per heavy atom. The van der Waals surface area contributed by atoms with Gasteiger partial charge in [-0.25, -0.2) is 0 Å². The molecule has 1 rings (SSSR count). The van der Waals surface area contributed by atoms with Gasteiger partial charge in [-0.2, -0.15) is 0 Å². The molecule has 102 valence electrons. The van der Waals surface area contributed by atoms with E-state index in [1.54, 1.807) is 7.11 Å². The van der Waals surface area contributed by atoms with E-state index in [4.69, 9.17) is 4.74 Å². The first-order chi connectivity index (χ1) is 8.83. The quantitative estimate of drug-likeness (QED) is 0.621. The number of rotatable bonds is 10. The second kappa shape index (κ2) is 10.1. The van der Waals surface area contributed by atoms with Crippen LogP contribution in [0.15, 0.2) is 24.3 Å². The van der Waals surface area contributed by atoms with Gasteiger partial charge in [0.15, 0.2) is 0 Å². The molecule has 0 bridgehead atoms. The van der Waals surface area contributed by atoms with E-state index < -0.39 is 0 Å². The van der Waals surface area contributed by atoms with Gasteiger partial charge in [0.05, 0.1) is 6.61 Å². The van der Waals surface area contributed by atoms with Crippen molar-refractivity contribution in [2.75, 3.05) is 39.9 Å². The molecular weight excluding hydrogens is 224 g/mol. The summed E-state index contributed by atoms with van der Waals surface area (Å²) in [5.41, 5.74) is 2.74. The van der Waals surface area contributed by atoms with Crippen molar-refractivity contribution in [3.63, 3.8) is 0 Å². The maximum absolute atomic E-state index is 4.97. The summed E-state index contributed by atoms with van der Waals surface area (Å²) in [4.78, 5) is 0. The van der Waals surface area contributed by atoms with Crippen molar-refractivity contribution in [1.82, 2.24) is 10.6 Å². The first-order valence-electron chi connectivity index (χ1n) is 6.79. The van der Waals surface area contributed by atoms with Crippen LogP contribution in [0, 0.1) is 6.92 Å². The second-order valence-electron chi connectivity index (χ2n) is 4.58. The molecule has 0 heterocycles. The minimum absolute atomic E-state index is 0.793. The van der Waals surface area contributed by atoms with Crippen LogP contribution in [0.3, 0.4) is 0 Å². The van der Waals surface area contributed by atoms with Crippen LogP contribution in [0.4, 0.5) is 0 Å². The highest BCUT2D eigenvalue weighted by molar-refractivity contribution is 5.21. The van der Waals surface area contributed by atoms with Crippen LogP contribution in [0.1, 0.15) is 17.5 Å². The van der Waals surface area contributed by atoms with Crippen molar-refractivity contribution in [1.29, 1.82) is 0 Å². The van der Waals surface area contributed by atoms with E-state index >= 15 is 0 Å². The van der Waals surface area contributed by atoms with Crippen molar-refractivity contribution >= 4 is 0 Å². The molecule has 3 nitrogen and oxygen atoms in total. The zero-order chi connectivity index (χ0) is 13.1. The van der Waals surface area contributed by atoms with E-state index in [1.807, 2.05) is 0 Å². The molecule has 18 heavy (non-hydrogen) atoms. The van der Waals surface area contributed by atoms with Crippen LogP contribution in [0.2, 0.25) is 0 Å². The van der Waals surface area contributed by atoms with Crippen molar-refractivity contribution in [3.05, 3.63) is 35.4 Å². The first kappa shape index (κ1) is 15.2. The Kier molecular flexibility index (Phi) is 8.47. The van der Waals surface area contributed by atoms with Gasteiger partial charge in [0.1, 0.15) is 0 Å². The SMILES string of the molecule is COCCNCCCNCCc1ccc(C)cc1. The first-order valence-corrected chi connectivity index (χ1v) is 6.79. The summed E-state index contributed by atoms with van der Waals surface area (Å²) < 4.78 is 4.97. The largest absolute Gasteiger partial charge is 0.383 e. The normalized spacial score (nSPS) is 10.8. The van der Waals surface area contributed by atoms with Crippen LogP contribution < -0.4 is 10.6 Å². The minimum Gasteiger partial charge on any atom is -0.383 e. The zero-order valence-corrected chi connectivity index (χ0v) is 11.7. The predicted molar refractivity (Wildman–Crippen MR) is 77.1 cm³/mol. The number of aryl methyl sites for hydroxylation is 1. The Morgan fingerprint density at radius 3 is 2.28 bits per heavy atom. The number of hydrogen-bond acceptors (Lipinski definition) is 3. The van der Waals surface area contributed by atoms with Crippen molar-refractivity contribution < 1.29 is 4.74 Å². The fourth-order valence-corrected chi connectivity index (χ4v) is 1.75. The summed E-state index contributed by atoms with van der Waals surface area (Å²) >= 11 is 0. The molecule has 1 aromatic carbocycles. The zero-order valence-electron chi connectivity index (χ0n) is 11.7. The number of benzene rings is 1. The molecule has 0 spiro atoms. The molecule has 2 N–H and O–H groups in total. The van der Waals surface area contributed by atoms with Crippen LogP contribution in [-0.4, -0.2) is 39.9 Å². The van der Waals surface area contributed by atoms with Crippen LogP contribution in [0.25, 0.3) is 0 Å². The number of hydrogen-bond donors (Lipinski definition) is 2. The lowest BCUT2D eigenvalue weighted by molar-refractivity contribution is 0.199. The lowest BCUT2D eigenvalue weighted by Crippen LogP contribution is -2.25. The highest BCUT2D eigenvalue weighted by atomic mass is 16.5. The molecule has 0 saturated heterocycles. The molecule has 0 aliphatic heterocycles. The van der Waals surface area contributed by atoms with E-state index in [-0.39, 0.29) is 0 Å². The Hall–Kier alpha value is -0.900. The van der Waals surface area contributed by atoms with Crippen molar-refractivity contribution in [2.45, 2.75) is 19.8 Å². The van der Waals surface area contributed by atoms with Gasteiger partial charge >= 0.3 is 0 Å². The van der Waals surface area contributed by atoms with Crippen molar-refractivity contribution in [3.8, 4) is 0 Å². The molecule has 0 aromatic heterocycles. The highest BCUT2D eigenvalue weighted by Gasteiger charge is 1.93. The maximum atomic E-state index is 4.97. The molecule has 0 amide bonds. The summed E-state index contributed by atoms with van der Waals surface area (Å²) in [6, 6.07) is 8.77. The van der Waals surface area contributed by atoms with Gasteiger partial charge in [0.2, 0.25) is 0 Å². The Morgan fingerprint density at radius 1 is 0.944 bits per heavy atom. The van der Waals surface area contributed by atoms with Gasteiger partial charge in [0.25, 0.3) is 0 Å². The van der Waals surface area contributed by atoms with E-state index in [1.165, 1.54) is 11.1 Å². The van der Waals surface area contributed by atoms with Gasteiger partial charge in [-0.15, -0.1) is 0 Å². The topological polar surface area (TPSA) is 33.3 Å². The van der Waals surface area contributed by atoms with E-state index in [0.29, 0.717) is 0 Å². The molecule has 1 aromatic rings. The average Bonchev–Trinajstić information content (AvgIpc) is 2.39. The van der Waals surface area contributed by atoms with Gasteiger partial charge in [0, 0.05) is 13.7 Å². The third kappa shape index (κ3) is 7.43. The van der Waals surface area contributed by atoms with Crippen LogP contribution in [-0.2, 0) is 11.2 Å². The summed E-state index contributed by atoms with van der Waals surface area (Å²) in [5.74, 6) is 0. The maximum Gasteiger partial charge on any atom is 0.0587 e.